The van der Waals surface area contributed by atoms with E-state index in [1.54, 1.807) is 25.3 Å². The average molecular weight is 499 g/mol. The maximum absolute atomic E-state index is 12.7. The number of methoxy groups -OCH3 is 1. The molecule has 0 aromatic heterocycles. The number of fused-ring (bicyclic) bond motifs is 1. The summed E-state index contributed by atoms with van der Waals surface area (Å²) < 4.78 is 16.6. The smallest absolute Gasteiger partial charge is 0.283 e. The van der Waals surface area contributed by atoms with Gasteiger partial charge < -0.3 is 14.2 Å². The van der Waals surface area contributed by atoms with E-state index in [-0.39, 0.29) is 11.4 Å². The molecule has 1 amide bonds. The van der Waals surface area contributed by atoms with Gasteiger partial charge in [-0.25, -0.2) is 0 Å². The molecule has 0 radical (unpaired) electrons. The van der Waals surface area contributed by atoms with Crippen LogP contribution in [0.25, 0.3) is 6.08 Å². The largest absolute Gasteiger partial charge is 0.497 e. The molecule has 180 valence electrons. The summed E-state index contributed by atoms with van der Waals surface area (Å²) in [5, 5.41) is 15.5. The number of rotatable bonds is 8. The van der Waals surface area contributed by atoms with E-state index in [1.165, 1.54) is 16.8 Å². The van der Waals surface area contributed by atoms with E-state index in [0.717, 1.165) is 16.9 Å². The standard InChI is InChI=1S/C27H22N4O4S/c1-33-21-8-5-9-22(17-21)35-15-14-34-20-12-10-18(11-13-20)16-23-24(28)31-27(29-25(23)32)36-26(30-31)19-6-3-2-4-7-19/h2-13,16-17,28H,14-15H2,1H3/b23-16-,28-24?. The number of nitrogens with zero attached hydrogens (tertiary/aromatic N) is 3. The SMILES string of the molecule is COc1cccc(OCCOc2ccc(/C=C3/C(=N)N4N=C(c5ccccc5)SC4=NC3=O)cc2)c1. The molecule has 5 rings (SSSR count). The number of amides is 1. The third-order valence-corrected chi connectivity index (χ3v) is 6.29. The lowest BCUT2D eigenvalue weighted by Crippen LogP contribution is -2.35. The molecule has 0 fully saturated rings. The fourth-order valence-corrected chi connectivity index (χ4v) is 4.42. The summed E-state index contributed by atoms with van der Waals surface area (Å²) >= 11 is 1.28. The maximum atomic E-state index is 12.7. The van der Waals surface area contributed by atoms with Crippen molar-refractivity contribution in [3.63, 3.8) is 0 Å². The molecule has 2 heterocycles. The number of benzene rings is 3. The van der Waals surface area contributed by atoms with Crippen molar-refractivity contribution >= 4 is 39.8 Å². The van der Waals surface area contributed by atoms with Gasteiger partial charge in [0.1, 0.15) is 35.5 Å². The van der Waals surface area contributed by atoms with E-state index in [2.05, 4.69) is 10.1 Å². The first-order chi connectivity index (χ1) is 17.6. The Balaban J connectivity index is 1.21. The first-order valence-corrected chi connectivity index (χ1v) is 12.0. The number of hydrazone groups is 1. The highest BCUT2D eigenvalue weighted by molar-refractivity contribution is 8.27. The predicted octanol–water partition coefficient (Wildman–Crippen LogP) is 4.82. The number of hydrogen-bond acceptors (Lipinski definition) is 7. The number of carbonyl (C=O) groups excluding carboxylic acids is 1. The average Bonchev–Trinajstić information content (AvgIpc) is 3.35. The van der Waals surface area contributed by atoms with Gasteiger partial charge in [-0.05, 0) is 47.7 Å². The van der Waals surface area contributed by atoms with Crippen LogP contribution in [0.5, 0.6) is 17.2 Å². The molecule has 3 aromatic carbocycles. The van der Waals surface area contributed by atoms with Crippen LogP contribution in [0.3, 0.4) is 0 Å². The first-order valence-electron chi connectivity index (χ1n) is 11.2. The molecule has 0 atom stereocenters. The molecule has 2 aliphatic heterocycles. The Bertz CT molecular complexity index is 1380. The summed E-state index contributed by atoms with van der Waals surface area (Å²) in [4.78, 5) is 16.8. The lowest BCUT2D eigenvalue weighted by Gasteiger charge is -2.20. The van der Waals surface area contributed by atoms with Crippen molar-refractivity contribution in [2.45, 2.75) is 0 Å². The highest BCUT2D eigenvalue weighted by Crippen LogP contribution is 2.31. The molecule has 9 heteroatoms. The first kappa shape index (κ1) is 23.4. The van der Waals surface area contributed by atoms with Gasteiger partial charge in [0.05, 0.1) is 12.7 Å². The quantitative estimate of drug-likeness (QED) is 0.353. The lowest BCUT2D eigenvalue weighted by atomic mass is 10.1. The van der Waals surface area contributed by atoms with E-state index in [0.29, 0.717) is 34.9 Å². The summed E-state index contributed by atoms with van der Waals surface area (Å²) in [7, 11) is 1.61. The zero-order valence-corrected chi connectivity index (χ0v) is 20.2. The lowest BCUT2D eigenvalue weighted by molar-refractivity contribution is -0.114. The molecule has 36 heavy (non-hydrogen) atoms. The Hall–Kier alpha value is -4.37. The zero-order chi connectivity index (χ0) is 24.9. The molecule has 0 spiro atoms. The molecule has 0 saturated carbocycles. The van der Waals surface area contributed by atoms with Gasteiger partial charge in [-0.15, -0.1) is 0 Å². The Morgan fingerprint density at radius 2 is 1.64 bits per heavy atom. The Kier molecular flexibility index (Phi) is 6.81. The van der Waals surface area contributed by atoms with Crippen molar-refractivity contribution < 1.29 is 19.0 Å². The second-order valence-corrected chi connectivity index (χ2v) is 8.69. The van der Waals surface area contributed by atoms with Gasteiger partial charge in [0.2, 0.25) is 5.17 Å². The number of aliphatic imine (C=N–C) groups is 1. The third-order valence-electron chi connectivity index (χ3n) is 5.33. The topological polar surface area (TPSA) is 96.6 Å². The molecular weight excluding hydrogens is 476 g/mol. The molecule has 1 N–H and O–H groups in total. The molecule has 8 nitrogen and oxygen atoms in total. The van der Waals surface area contributed by atoms with Crippen LogP contribution in [0, 0.1) is 5.41 Å². The van der Waals surface area contributed by atoms with Gasteiger partial charge in [0, 0.05) is 11.6 Å². The minimum atomic E-state index is -0.460. The molecule has 0 aliphatic carbocycles. The molecule has 0 unspecified atom stereocenters. The molecule has 2 aliphatic rings. The summed E-state index contributed by atoms with van der Waals surface area (Å²) in [6.45, 7) is 0.747. The molecule has 0 bridgehead atoms. The molecule has 3 aromatic rings. The Morgan fingerprint density at radius 1 is 0.917 bits per heavy atom. The van der Waals surface area contributed by atoms with Crippen LogP contribution >= 0.6 is 11.8 Å². The van der Waals surface area contributed by atoms with Crippen molar-refractivity contribution in [2.75, 3.05) is 20.3 Å². The summed E-state index contributed by atoms with van der Waals surface area (Å²) in [6, 6.07) is 24.3. The van der Waals surface area contributed by atoms with Crippen molar-refractivity contribution in [3.05, 3.63) is 95.6 Å². The maximum Gasteiger partial charge on any atom is 0.283 e. The second kappa shape index (κ2) is 10.5. The zero-order valence-electron chi connectivity index (χ0n) is 19.4. The minimum absolute atomic E-state index is 0.00144. The number of carbonyl (C=O) groups is 1. The van der Waals surface area contributed by atoms with Crippen LogP contribution < -0.4 is 14.2 Å². The number of hydrogen-bond donors (Lipinski definition) is 1. The van der Waals surface area contributed by atoms with Gasteiger partial charge in [-0.3, -0.25) is 10.2 Å². The van der Waals surface area contributed by atoms with E-state index >= 15 is 0 Å². The van der Waals surface area contributed by atoms with Crippen molar-refractivity contribution in [1.29, 1.82) is 5.41 Å². The van der Waals surface area contributed by atoms with Crippen LogP contribution in [-0.2, 0) is 4.79 Å². The van der Waals surface area contributed by atoms with Gasteiger partial charge in [-0.2, -0.15) is 15.1 Å². The van der Waals surface area contributed by atoms with E-state index in [1.807, 2.05) is 66.7 Å². The Labute approximate surface area is 212 Å². The fourth-order valence-electron chi connectivity index (χ4n) is 3.53. The van der Waals surface area contributed by atoms with Gasteiger partial charge in [-0.1, -0.05) is 48.5 Å². The Morgan fingerprint density at radius 3 is 2.39 bits per heavy atom. The van der Waals surface area contributed by atoms with Crippen LogP contribution in [0.2, 0.25) is 0 Å². The normalized spacial score (nSPS) is 15.9. The van der Waals surface area contributed by atoms with E-state index < -0.39 is 5.91 Å². The number of ether oxygens (including phenoxy) is 3. The highest BCUT2D eigenvalue weighted by Gasteiger charge is 2.35. The van der Waals surface area contributed by atoms with Gasteiger partial charge in [0.25, 0.3) is 5.91 Å². The minimum Gasteiger partial charge on any atom is -0.497 e. The fraction of sp³-hybridized carbons (Fsp3) is 0.111. The summed E-state index contributed by atoms with van der Waals surface area (Å²) in [6.07, 6.45) is 1.64. The van der Waals surface area contributed by atoms with E-state index in [9.17, 15) is 4.79 Å². The van der Waals surface area contributed by atoms with E-state index in [4.69, 9.17) is 19.6 Å². The van der Waals surface area contributed by atoms with Crippen LogP contribution in [0.4, 0.5) is 0 Å². The molecule has 0 saturated heterocycles. The van der Waals surface area contributed by atoms with Crippen LogP contribution in [0.1, 0.15) is 11.1 Å². The molecular formula is C27H22N4O4S. The number of amidine groups is 2. The highest BCUT2D eigenvalue weighted by atomic mass is 32.2. The summed E-state index contributed by atoms with van der Waals surface area (Å²) in [5.41, 5.74) is 1.84. The van der Waals surface area contributed by atoms with Crippen molar-refractivity contribution in [2.24, 2.45) is 10.1 Å². The predicted molar refractivity (Wildman–Crippen MR) is 141 cm³/mol. The van der Waals surface area contributed by atoms with Gasteiger partial charge in [0.15, 0.2) is 5.84 Å². The summed E-state index contributed by atoms with van der Waals surface area (Å²) in [5.74, 6) is 1.65. The van der Waals surface area contributed by atoms with Crippen LogP contribution in [-0.4, -0.2) is 47.3 Å². The monoisotopic (exact) mass is 498 g/mol. The van der Waals surface area contributed by atoms with Crippen molar-refractivity contribution in [1.82, 2.24) is 5.01 Å². The number of nitrogens with one attached hydrogen (secondary N) is 1. The third kappa shape index (κ3) is 5.16. The van der Waals surface area contributed by atoms with Crippen LogP contribution in [0.15, 0.2) is 94.5 Å². The second-order valence-electron chi connectivity index (χ2n) is 7.74. The van der Waals surface area contributed by atoms with Gasteiger partial charge >= 0.3 is 0 Å². The number of thioether (sulfide) groups is 1. The van der Waals surface area contributed by atoms with Crippen molar-refractivity contribution in [3.8, 4) is 17.2 Å².